The number of nitrogens with zero attached hydrogens (tertiary/aromatic N) is 2. The smallest absolute Gasteiger partial charge is 0.269 e. The van der Waals surface area contributed by atoms with Crippen molar-refractivity contribution in [2.24, 2.45) is 5.73 Å². The fourth-order valence-electron chi connectivity index (χ4n) is 1.13. The number of hydrogen-bond acceptors (Lipinski definition) is 5. The lowest BCUT2D eigenvalue weighted by Crippen LogP contribution is -2.23. The van der Waals surface area contributed by atoms with E-state index in [9.17, 15) is 4.79 Å². The largest absolute Gasteiger partial charge is 0.380 e. The number of carbonyl (C=O) groups is 1. The monoisotopic (exact) mass is 224 g/mol. The van der Waals surface area contributed by atoms with E-state index in [1.54, 1.807) is 6.07 Å². The zero-order valence-corrected chi connectivity index (χ0v) is 9.43. The van der Waals surface area contributed by atoms with Crippen molar-refractivity contribution in [3.8, 4) is 0 Å². The highest BCUT2D eigenvalue weighted by molar-refractivity contribution is 5.90. The fourth-order valence-corrected chi connectivity index (χ4v) is 1.13. The maximum absolute atomic E-state index is 10.8. The van der Waals surface area contributed by atoms with Crippen LogP contribution in [0, 0.1) is 0 Å². The predicted octanol–water partition coefficient (Wildman–Crippen LogP) is 0.412. The van der Waals surface area contributed by atoms with Crippen LogP contribution in [0.15, 0.2) is 12.1 Å². The molecular formula is C10H16N4O2. The molecule has 0 spiro atoms. The van der Waals surface area contributed by atoms with E-state index in [0.29, 0.717) is 19.0 Å². The van der Waals surface area contributed by atoms with Gasteiger partial charge in [-0.25, -0.2) is 0 Å². The lowest BCUT2D eigenvalue weighted by Gasteiger charge is -2.13. The number of hydrogen-bond donors (Lipinski definition) is 2. The number of amides is 1. The number of nitrogens with two attached hydrogens (primary N) is 1. The Bertz CT molecular complexity index is 339. The van der Waals surface area contributed by atoms with Crippen LogP contribution in [-0.4, -0.2) is 35.4 Å². The number of ether oxygens (including phenoxy) is 1. The van der Waals surface area contributed by atoms with Crippen LogP contribution in [0.5, 0.6) is 0 Å². The SMILES string of the molecule is CCOCC(C)Nc1ccc(C(N)=O)nn1. The van der Waals surface area contributed by atoms with Gasteiger partial charge in [-0.3, -0.25) is 4.79 Å². The first-order chi connectivity index (χ1) is 7.63. The molecule has 1 heterocycles. The van der Waals surface area contributed by atoms with Crippen molar-refractivity contribution < 1.29 is 9.53 Å². The summed E-state index contributed by atoms with van der Waals surface area (Å²) < 4.78 is 5.24. The normalized spacial score (nSPS) is 12.1. The second-order valence-electron chi connectivity index (χ2n) is 3.37. The molecule has 16 heavy (non-hydrogen) atoms. The summed E-state index contributed by atoms with van der Waals surface area (Å²) in [6.07, 6.45) is 0. The van der Waals surface area contributed by atoms with Crippen molar-refractivity contribution in [3.63, 3.8) is 0 Å². The van der Waals surface area contributed by atoms with Crippen molar-refractivity contribution in [1.82, 2.24) is 10.2 Å². The molecule has 6 heteroatoms. The fraction of sp³-hybridized carbons (Fsp3) is 0.500. The number of nitrogens with one attached hydrogen (secondary N) is 1. The molecule has 0 bridgehead atoms. The lowest BCUT2D eigenvalue weighted by molar-refractivity contribution is 0.0994. The zero-order chi connectivity index (χ0) is 12.0. The molecule has 0 aliphatic heterocycles. The molecule has 1 amide bonds. The molecule has 1 atom stereocenters. The number of rotatable bonds is 6. The van der Waals surface area contributed by atoms with Crippen LogP contribution in [0.25, 0.3) is 0 Å². The van der Waals surface area contributed by atoms with Crippen molar-refractivity contribution in [1.29, 1.82) is 0 Å². The van der Waals surface area contributed by atoms with Gasteiger partial charge in [-0.05, 0) is 26.0 Å². The summed E-state index contributed by atoms with van der Waals surface area (Å²) in [7, 11) is 0. The van der Waals surface area contributed by atoms with E-state index < -0.39 is 5.91 Å². The second-order valence-corrected chi connectivity index (χ2v) is 3.37. The van der Waals surface area contributed by atoms with Crippen LogP contribution in [0.2, 0.25) is 0 Å². The van der Waals surface area contributed by atoms with Gasteiger partial charge in [0.2, 0.25) is 0 Å². The number of carbonyl (C=O) groups excluding carboxylic acids is 1. The Morgan fingerprint density at radius 1 is 1.56 bits per heavy atom. The average Bonchev–Trinajstić information content (AvgIpc) is 2.27. The Hall–Kier alpha value is -1.69. The van der Waals surface area contributed by atoms with Crippen LogP contribution in [0.3, 0.4) is 0 Å². The van der Waals surface area contributed by atoms with E-state index in [-0.39, 0.29) is 11.7 Å². The molecule has 6 nitrogen and oxygen atoms in total. The van der Waals surface area contributed by atoms with Crippen LogP contribution in [0.4, 0.5) is 5.82 Å². The third-order valence-electron chi connectivity index (χ3n) is 1.88. The molecule has 0 aliphatic rings. The van der Waals surface area contributed by atoms with Gasteiger partial charge in [0.25, 0.3) is 5.91 Å². The molecule has 1 aromatic heterocycles. The van der Waals surface area contributed by atoms with Crippen molar-refractivity contribution in [2.45, 2.75) is 19.9 Å². The maximum atomic E-state index is 10.8. The van der Waals surface area contributed by atoms with Gasteiger partial charge in [-0.1, -0.05) is 0 Å². The van der Waals surface area contributed by atoms with Crippen LogP contribution >= 0.6 is 0 Å². The molecule has 0 saturated heterocycles. The van der Waals surface area contributed by atoms with E-state index >= 15 is 0 Å². The van der Waals surface area contributed by atoms with E-state index in [1.807, 2.05) is 13.8 Å². The van der Waals surface area contributed by atoms with E-state index in [4.69, 9.17) is 10.5 Å². The van der Waals surface area contributed by atoms with Gasteiger partial charge in [-0.15, -0.1) is 10.2 Å². The number of primary amides is 1. The second kappa shape index (κ2) is 6.02. The molecular weight excluding hydrogens is 208 g/mol. The molecule has 0 aromatic carbocycles. The molecule has 1 aromatic rings. The highest BCUT2D eigenvalue weighted by Gasteiger charge is 2.05. The highest BCUT2D eigenvalue weighted by Crippen LogP contribution is 2.03. The third kappa shape index (κ3) is 3.82. The standard InChI is InChI=1S/C10H16N4O2/c1-3-16-6-7(2)12-9-5-4-8(10(11)15)13-14-9/h4-5,7H,3,6H2,1-2H3,(H2,11,15)(H,12,14). The Morgan fingerprint density at radius 2 is 2.31 bits per heavy atom. The van der Waals surface area contributed by atoms with Gasteiger partial charge in [0.05, 0.1) is 6.61 Å². The molecule has 1 unspecified atom stereocenters. The van der Waals surface area contributed by atoms with E-state index in [0.717, 1.165) is 0 Å². The summed E-state index contributed by atoms with van der Waals surface area (Å²) >= 11 is 0. The van der Waals surface area contributed by atoms with Gasteiger partial charge >= 0.3 is 0 Å². The first-order valence-corrected chi connectivity index (χ1v) is 5.11. The quantitative estimate of drug-likeness (QED) is 0.730. The summed E-state index contributed by atoms with van der Waals surface area (Å²) in [5.41, 5.74) is 5.20. The van der Waals surface area contributed by atoms with Crippen molar-refractivity contribution in [3.05, 3.63) is 17.8 Å². The summed E-state index contributed by atoms with van der Waals surface area (Å²) in [4.78, 5) is 10.8. The summed E-state index contributed by atoms with van der Waals surface area (Å²) in [5.74, 6) is 0.0126. The Balaban J connectivity index is 2.51. The minimum absolute atomic E-state index is 0.133. The molecule has 0 fully saturated rings. The minimum Gasteiger partial charge on any atom is -0.380 e. The van der Waals surface area contributed by atoms with Gasteiger partial charge in [0.15, 0.2) is 5.69 Å². The third-order valence-corrected chi connectivity index (χ3v) is 1.88. The number of aromatic nitrogens is 2. The highest BCUT2D eigenvalue weighted by atomic mass is 16.5. The van der Waals surface area contributed by atoms with Gasteiger partial charge < -0.3 is 15.8 Å². The maximum Gasteiger partial charge on any atom is 0.269 e. The van der Waals surface area contributed by atoms with Gasteiger partial charge in [0.1, 0.15) is 5.82 Å². The average molecular weight is 224 g/mol. The van der Waals surface area contributed by atoms with Crippen LogP contribution in [-0.2, 0) is 4.74 Å². The van der Waals surface area contributed by atoms with Crippen LogP contribution < -0.4 is 11.1 Å². The zero-order valence-electron chi connectivity index (χ0n) is 9.43. The Labute approximate surface area is 94.2 Å². The molecule has 0 aliphatic carbocycles. The predicted molar refractivity (Wildman–Crippen MR) is 60.1 cm³/mol. The molecule has 1 rings (SSSR count). The molecule has 3 N–H and O–H groups in total. The minimum atomic E-state index is -0.582. The summed E-state index contributed by atoms with van der Waals surface area (Å²) in [6, 6.07) is 3.33. The van der Waals surface area contributed by atoms with E-state index in [1.165, 1.54) is 6.07 Å². The van der Waals surface area contributed by atoms with Crippen molar-refractivity contribution in [2.75, 3.05) is 18.5 Å². The van der Waals surface area contributed by atoms with Crippen LogP contribution in [0.1, 0.15) is 24.3 Å². The number of anilines is 1. The summed E-state index contributed by atoms with van der Waals surface area (Å²) in [6.45, 7) is 5.18. The molecule has 0 saturated carbocycles. The first kappa shape index (κ1) is 12.4. The first-order valence-electron chi connectivity index (χ1n) is 5.11. The Kier molecular flexibility index (Phi) is 4.65. The lowest BCUT2D eigenvalue weighted by atomic mass is 10.3. The van der Waals surface area contributed by atoms with Gasteiger partial charge in [-0.2, -0.15) is 0 Å². The van der Waals surface area contributed by atoms with Gasteiger partial charge in [0, 0.05) is 12.6 Å². The molecule has 0 radical (unpaired) electrons. The summed E-state index contributed by atoms with van der Waals surface area (Å²) in [5, 5.41) is 10.6. The van der Waals surface area contributed by atoms with E-state index in [2.05, 4.69) is 15.5 Å². The van der Waals surface area contributed by atoms with Crippen molar-refractivity contribution >= 4 is 11.7 Å². The Morgan fingerprint density at radius 3 is 2.81 bits per heavy atom. The topological polar surface area (TPSA) is 90.1 Å². The molecule has 88 valence electrons.